The topological polar surface area (TPSA) is 112 Å². The second kappa shape index (κ2) is 10.7. The van der Waals surface area contributed by atoms with Crippen LogP contribution in [0, 0.1) is 17.1 Å². The van der Waals surface area contributed by atoms with Crippen molar-refractivity contribution in [2.24, 2.45) is 0 Å². The number of ether oxygens (including phenoxy) is 2. The molecule has 1 aromatic rings. The fraction of sp³-hybridized carbons (Fsp3) is 0.435. The van der Waals surface area contributed by atoms with E-state index in [2.05, 4.69) is 5.32 Å². The van der Waals surface area contributed by atoms with Crippen LogP contribution >= 0.6 is 0 Å². The van der Waals surface area contributed by atoms with Crippen molar-refractivity contribution in [1.29, 1.82) is 5.26 Å². The number of rotatable bonds is 7. The van der Waals surface area contributed by atoms with Gasteiger partial charge in [0, 0.05) is 20.0 Å². The maximum Gasteiger partial charge on any atom is 0.414 e. The fourth-order valence-corrected chi connectivity index (χ4v) is 3.87. The number of cyclic esters (lactones) is 1. The van der Waals surface area contributed by atoms with Gasteiger partial charge in [-0.3, -0.25) is 9.69 Å². The number of amides is 2. The Balaban J connectivity index is 1.69. The first-order valence-corrected chi connectivity index (χ1v) is 10.6. The van der Waals surface area contributed by atoms with Gasteiger partial charge < -0.3 is 19.7 Å². The molecule has 2 heterocycles. The van der Waals surface area contributed by atoms with Crippen LogP contribution < -0.4 is 15.1 Å². The molecule has 0 spiro atoms. The van der Waals surface area contributed by atoms with E-state index in [4.69, 9.17) is 9.47 Å². The summed E-state index contributed by atoms with van der Waals surface area (Å²) in [5, 5.41) is 12.0. The molecule has 174 valence electrons. The van der Waals surface area contributed by atoms with Crippen LogP contribution in [0.2, 0.25) is 0 Å². The summed E-state index contributed by atoms with van der Waals surface area (Å²) in [6, 6.07) is 6.56. The Bertz CT molecular complexity index is 1050. The van der Waals surface area contributed by atoms with Gasteiger partial charge in [-0.05, 0) is 43.5 Å². The lowest BCUT2D eigenvalue weighted by Gasteiger charge is -2.31. The van der Waals surface area contributed by atoms with Gasteiger partial charge in [0.1, 0.15) is 23.6 Å². The molecule has 2 aliphatic rings. The highest BCUT2D eigenvalue weighted by Crippen LogP contribution is 2.31. The van der Waals surface area contributed by atoms with Crippen molar-refractivity contribution in [3.63, 3.8) is 0 Å². The van der Waals surface area contributed by atoms with Crippen LogP contribution in [0.3, 0.4) is 0 Å². The second-order valence-corrected chi connectivity index (χ2v) is 7.63. The average molecular weight is 456 g/mol. The van der Waals surface area contributed by atoms with Gasteiger partial charge in [0.25, 0.3) is 0 Å². The molecule has 0 unspecified atom stereocenters. The highest BCUT2D eigenvalue weighted by Gasteiger charge is 2.33. The molecule has 0 saturated carbocycles. The van der Waals surface area contributed by atoms with Crippen LogP contribution in [-0.4, -0.2) is 56.8 Å². The minimum Gasteiger partial charge on any atom is -0.483 e. The lowest BCUT2D eigenvalue weighted by atomic mass is 9.97. The second-order valence-electron chi connectivity index (χ2n) is 7.63. The molecule has 2 aliphatic heterocycles. The van der Waals surface area contributed by atoms with E-state index in [1.807, 2.05) is 11.0 Å². The van der Waals surface area contributed by atoms with Gasteiger partial charge in [0.05, 0.1) is 31.1 Å². The molecule has 0 aromatic heterocycles. The largest absolute Gasteiger partial charge is 0.483 e. The standard InChI is InChI=1S/C23H25FN4O5/c1-3-32-22(14-29)19(11-25)16-6-8-27(9-7-16)21-5-4-17(10-20(21)24)28-13-18(33-23(28)31)12-26-15(2)30/h4-5,10,18H,3,6-9,12-13H2,1-2H3,(H,26,30)/t18-/m0/s1. The zero-order valence-corrected chi connectivity index (χ0v) is 18.5. The van der Waals surface area contributed by atoms with E-state index in [1.165, 1.54) is 17.9 Å². The highest BCUT2D eigenvalue weighted by molar-refractivity contribution is 5.90. The van der Waals surface area contributed by atoms with Crippen molar-refractivity contribution in [2.75, 3.05) is 42.6 Å². The number of carbonyl (C=O) groups is 2. The Morgan fingerprint density at radius 1 is 1.36 bits per heavy atom. The number of nitrogens with zero attached hydrogens (tertiary/aromatic N) is 3. The summed E-state index contributed by atoms with van der Waals surface area (Å²) in [6.07, 6.45) is -0.146. The third kappa shape index (κ3) is 5.51. The summed E-state index contributed by atoms with van der Waals surface area (Å²) in [5.41, 5.74) is 1.73. The van der Waals surface area contributed by atoms with Gasteiger partial charge in [-0.1, -0.05) is 0 Å². The average Bonchev–Trinajstić information content (AvgIpc) is 3.18. The van der Waals surface area contributed by atoms with Gasteiger partial charge in [-0.2, -0.15) is 5.26 Å². The minimum absolute atomic E-state index is 0.0895. The van der Waals surface area contributed by atoms with Gasteiger partial charge in [-0.25, -0.2) is 14.0 Å². The maximum atomic E-state index is 15.0. The summed E-state index contributed by atoms with van der Waals surface area (Å²) in [4.78, 5) is 37.5. The number of piperidine rings is 1. The number of allylic oxidation sites excluding steroid dienone is 1. The molecular weight excluding hydrogens is 431 g/mol. The first-order valence-electron chi connectivity index (χ1n) is 10.6. The van der Waals surface area contributed by atoms with Gasteiger partial charge >= 0.3 is 6.09 Å². The molecule has 0 radical (unpaired) electrons. The zero-order chi connectivity index (χ0) is 24.0. The van der Waals surface area contributed by atoms with Crippen molar-refractivity contribution in [2.45, 2.75) is 32.8 Å². The Labute approximate surface area is 191 Å². The third-order valence-corrected chi connectivity index (χ3v) is 5.48. The summed E-state index contributed by atoms with van der Waals surface area (Å²) in [5.74, 6) is 0.885. The quantitative estimate of drug-likeness (QED) is 0.381. The third-order valence-electron chi connectivity index (χ3n) is 5.48. The molecule has 2 fully saturated rings. The van der Waals surface area contributed by atoms with Crippen molar-refractivity contribution < 1.29 is 28.2 Å². The van der Waals surface area contributed by atoms with E-state index in [0.29, 0.717) is 37.3 Å². The Morgan fingerprint density at radius 2 is 2.09 bits per heavy atom. The van der Waals surface area contributed by atoms with Crippen molar-refractivity contribution in [3.05, 3.63) is 40.9 Å². The van der Waals surface area contributed by atoms with Gasteiger partial charge in [-0.15, -0.1) is 0 Å². The Kier molecular flexibility index (Phi) is 7.70. The lowest BCUT2D eigenvalue weighted by molar-refractivity contribution is -0.119. The Hall–Kier alpha value is -3.83. The molecule has 1 atom stereocenters. The van der Waals surface area contributed by atoms with Crippen LogP contribution in [0.25, 0.3) is 0 Å². The molecule has 33 heavy (non-hydrogen) atoms. The van der Waals surface area contributed by atoms with Crippen LogP contribution in [0.4, 0.5) is 20.6 Å². The number of anilines is 2. The van der Waals surface area contributed by atoms with Crippen LogP contribution in [-0.2, 0) is 19.1 Å². The lowest BCUT2D eigenvalue weighted by Crippen LogP contribution is -2.33. The molecule has 9 nitrogen and oxygen atoms in total. The summed E-state index contributed by atoms with van der Waals surface area (Å²) in [7, 11) is 0. The maximum absolute atomic E-state index is 15.0. The molecular formula is C23H25FN4O5. The molecule has 10 heteroatoms. The smallest absolute Gasteiger partial charge is 0.414 e. The number of carbonyl (C=O) groups excluding carboxylic acids is 3. The summed E-state index contributed by atoms with van der Waals surface area (Å²) in [6.45, 7) is 4.66. The molecule has 0 aliphatic carbocycles. The van der Waals surface area contributed by atoms with Crippen molar-refractivity contribution >= 4 is 29.3 Å². The number of benzene rings is 1. The predicted molar refractivity (Wildman–Crippen MR) is 118 cm³/mol. The van der Waals surface area contributed by atoms with Gasteiger partial charge in [0.15, 0.2) is 5.94 Å². The fourth-order valence-electron chi connectivity index (χ4n) is 3.87. The minimum atomic E-state index is -0.595. The molecule has 0 bridgehead atoms. The summed E-state index contributed by atoms with van der Waals surface area (Å²) < 4.78 is 25.4. The summed E-state index contributed by atoms with van der Waals surface area (Å²) >= 11 is 0. The number of nitriles is 1. The molecule has 1 aromatic carbocycles. The number of halogens is 1. The van der Waals surface area contributed by atoms with Crippen LogP contribution in [0.5, 0.6) is 0 Å². The SMILES string of the molecule is CCOC(=C=O)C(C#N)=C1CCN(c2ccc(N3C[C@H](CNC(C)=O)OC3=O)cc2F)CC1. The molecule has 2 saturated heterocycles. The van der Waals surface area contributed by atoms with E-state index >= 15 is 0 Å². The van der Waals surface area contributed by atoms with E-state index in [1.54, 1.807) is 25.0 Å². The monoisotopic (exact) mass is 456 g/mol. The molecule has 2 amide bonds. The van der Waals surface area contributed by atoms with Crippen molar-refractivity contribution in [1.82, 2.24) is 5.32 Å². The normalized spacial score (nSPS) is 17.7. The molecule has 3 rings (SSSR count). The Morgan fingerprint density at radius 3 is 2.67 bits per heavy atom. The predicted octanol–water partition coefficient (Wildman–Crippen LogP) is 2.46. The van der Waals surface area contributed by atoms with Gasteiger partial charge in [0.2, 0.25) is 11.7 Å². The molecule has 1 N–H and O–H groups in total. The van der Waals surface area contributed by atoms with E-state index in [-0.39, 0.29) is 36.9 Å². The number of nitrogens with one attached hydrogen (secondary N) is 1. The van der Waals surface area contributed by atoms with E-state index < -0.39 is 18.0 Å². The first kappa shape index (κ1) is 23.8. The number of hydrogen-bond acceptors (Lipinski definition) is 7. The zero-order valence-electron chi connectivity index (χ0n) is 18.5. The van der Waals surface area contributed by atoms with E-state index in [9.17, 15) is 24.0 Å². The van der Waals surface area contributed by atoms with Crippen LogP contribution in [0.1, 0.15) is 26.7 Å². The van der Waals surface area contributed by atoms with Crippen LogP contribution in [0.15, 0.2) is 35.1 Å². The highest BCUT2D eigenvalue weighted by atomic mass is 19.1. The first-order chi connectivity index (χ1) is 15.9. The number of hydrogen-bond donors (Lipinski definition) is 1. The van der Waals surface area contributed by atoms with Crippen molar-refractivity contribution in [3.8, 4) is 6.07 Å². The van der Waals surface area contributed by atoms with E-state index in [0.717, 1.165) is 5.57 Å².